The molecule has 1 aliphatic heterocycles. The molecule has 1 aliphatic rings. The zero-order valence-electron chi connectivity index (χ0n) is 9.67. The van der Waals surface area contributed by atoms with Crippen molar-refractivity contribution in [3.8, 4) is 0 Å². The number of halogens is 1. The van der Waals surface area contributed by atoms with Gasteiger partial charge >= 0.3 is 5.97 Å². The molecule has 1 saturated heterocycles. The van der Waals surface area contributed by atoms with E-state index in [0.717, 1.165) is 11.3 Å². The lowest BCUT2D eigenvalue weighted by Crippen LogP contribution is -2.25. The number of nitrogens with zero attached hydrogens (tertiary/aromatic N) is 2. The van der Waals surface area contributed by atoms with Crippen molar-refractivity contribution in [1.82, 2.24) is 4.98 Å². The lowest BCUT2D eigenvalue weighted by atomic mass is 10.2. The highest BCUT2D eigenvalue weighted by Gasteiger charge is 2.34. The fourth-order valence-corrected chi connectivity index (χ4v) is 3.47. The highest BCUT2D eigenvalue weighted by Crippen LogP contribution is 2.39. The number of aromatic nitrogens is 1. The van der Waals surface area contributed by atoms with Crippen LogP contribution in [-0.4, -0.2) is 33.9 Å². The number of aromatic carboxylic acids is 1. The second kappa shape index (κ2) is 4.47. The van der Waals surface area contributed by atoms with Crippen LogP contribution in [0.4, 0.5) is 5.69 Å². The Morgan fingerprint density at radius 1 is 1.58 bits per heavy atom. The maximum absolute atomic E-state index is 11.9. The third-order valence-corrected chi connectivity index (χ3v) is 4.37. The van der Waals surface area contributed by atoms with Gasteiger partial charge in [0.05, 0.1) is 11.1 Å². The van der Waals surface area contributed by atoms with Crippen molar-refractivity contribution >= 4 is 50.7 Å². The van der Waals surface area contributed by atoms with Crippen LogP contribution in [-0.2, 0) is 4.79 Å². The van der Waals surface area contributed by atoms with Gasteiger partial charge in [0.2, 0.25) is 5.91 Å². The number of hydrogen-bond acceptors (Lipinski definition) is 4. The minimum absolute atomic E-state index is 0.132. The van der Waals surface area contributed by atoms with Gasteiger partial charge in [-0.2, -0.15) is 0 Å². The van der Waals surface area contributed by atoms with E-state index in [-0.39, 0.29) is 22.6 Å². The number of carboxylic acids is 1. The Kier molecular flexibility index (Phi) is 2.91. The topological polar surface area (TPSA) is 70.5 Å². The van der Waals surface area contributed by atoms with Gasteiger partial charge in [-0.1, -0.05) is 0 Å². The molecule has 1 atom stereocenters. The van der Waals surface area contributed by atoms with E-state index in [0.29, 0.717) is 22.4 Å². The molecule has 98 valence electrons. The number of carboxylic acid groups (broad SMARTS) is 1. The molecule has 19 heavy (non-hydrogen) atoms. The van der Waals surface area contributed by atoms with E-state index >= 15 is 0 Å². The summed E-state index contributed by atoms with van der Waals surface area (Å²) in [5, 5.41) is 9.70. The molecule has 1 unspecified atom stereocenters. The van der Waals surface area contributed by atoms with E-state index in [1.165, 1.54) is 4.90 Å². The predicted molar refractivity (Wildman–Crippen MR) is 73.2 cm³/mol. The molecule has 0 spiro atoms. The SMILES string of the molecule is O=C(O)c1sc2ncccc2c1N1CC(Cl)CC1=O. The smallest absolute Gasteiger partial charge is 0.348 e. The van der Waals surface area contributed by atoms with Crippen LogP contribution in [0.25, 0.3) is 10.2 Å². The zero-order valence-corrected chi connectivity index (χ0v) is 11.2. The number of rotatable bonds is 2. The molecule has 0 aromatic carbocycles. The van der Waals surface area contributed by atoms with Crippen LogP contribution in [0, 0.1) is 0 Å². The van der Waals surface area contributed by atoms with Crippen molar-refractivity contribution in [2.75, 3.05) is 11.4 Å². The van der Waals surface area contributed by atoms with Gasteiger partial charge in [0.15, 0.2) is 0 Å². The van der Waals surface area contributed by atoms with Gasteiger partial charge < -0.3 is 10.0 Å². The number of amides is 1. The molecule has 0 saturated carbocycles. The summed E-state index contributed by atoms with van der Waals surface area (Å²) in [5.74, 6) is -1.20. The van der Waals surface area contributed by atoms with E-state index in [9.17, 15) is 14.7 Å². The van der Waals surface area contributed by atoms with Gasteiger partial charge in [-0.05, 0) is 12.1 Å². The number of alkyl halides is 1. The fourth-order valence-electron chi connectivity index (χ4n) is 2.21. The van der Waals surface area contributed by atoms with Gasteiger partial charge in [-0.15, -0.1) is 22.9 Å². The molecule has 5 nitrogen and oxygen atoms in total. The fraction of sp³-hybridized carbons (Fsp3) is 0.250. The first-order valence-corrected chi connectivity index (χ1v) is 6.88. The van der Waals surface area contributed by atoms with Crippen molar-refractivity contribution in [2.24, 2.45) is 0 Å². The van der Waals surface area contributed by atoms with E-state index in [1.807, 2.05) is 0 Å². The summed E-state index contributed by atoms with van der Waals surface area (Å²) in [4.78, 5) is 29.6. The molecule has 3 heterocycles. The van der Waals surface area contributed by atoms with E-state index < -0.39 is 5.97 Å². The number of carbonyl (C=O) groups excluding carboxylic acids is 1. The van der Waals surface area contributed by atoms with Crippen molar-refractivity contribution in [2.45, 2.75) is 11.8 Å². The first-order valence-electron chi connectivity index (χ1n) is 5.63. The molecular formula is C12H9ClN2O3S. The standard InChI is InChI=1S/C12H9ClN2O3S/c13-6-4-8(16)15(5-6)9-7-2-1-3-14-11(7)19-10(9)12(17)18/h1-3,6H,4-5H2,(H,17,18). The third-order valence-electron chi connectivity index (χ3n) is 2.98. The third kappa shape index (κ3) is 1.97. The molecule has 1 amide bonds. The van der Waals surface area contributed by atoms with E-state index in [2.05, 4.69) is 4.98 Å². The summed E-state index contributed by atoms with van der Waals surface area (Å²) in [6.07, 6.45) is 1.84. The van der Waals surface area contributed by atoms with Gasteiger partial charge in [0.1, 0.15) is 9.71 Å². The molecular weight excluding hydrogens is 288 g/mol. The van der Waals surface area contributed by atoms with Gasteiger partial charge in [0, 0.05) is 24.5 Å². The largest absolute Gasteiger partial charge is 0.477 e. The van der Waals surface area contributed by atoms with Gasteiger partial charge in [0.25, 0.3) is 0 Å². The maximum Gasteiger partial charge on any atom is 0.348 e. The van der Waals surface area contributed by atoms with Crippen molar-refractivity contribution in [3.05, 3.63) is 23.2 Å². The molecule has 7 heteroatoms. The quantitative estimate of drug-likeness (QED) is 0.864. The zero-order chi connectivity index (χ0) is 13.6. The molecule has 0 aliphatic carbocycles. The van der Waals surface area contributed by atoms with Crippen molar-refractivity contribution in [1.29, 1.82) is 0 Å². The van der Waals surface area contributed by atoms with Crippen molar-refractivity contribution in [3.63, 3.8) is 0 Å². The monoisotopic (exact) mass is 296 g/mol. The second-order valence-electron chi connectivity index (χ2n) is 4.25. The lowest BCUT2D eigenvalue weighted by molar-refractivity contribution is -0.117. The maximum atomic E-state index is 11.9. The van der Waals surface area contributed by atoms with Gasteiger partial charge in [-0.3, -0.25) is 4.79 Å². The number of pyridine rings is 1. The van der Waals surface area contributed by atoms with E-state index in [4.69, 9.17) is 11.6 Å². The number of carbonyl (C=O) groups is 2. The van der Waals surface area contributed by atoms with Gasteiger partial charge in [-0.25, -0.2) is 9.78 Å². The highest BCUT2D eigenvalue weighted by molar-refractivity contribution is 7.21. The van der Waals surface area contributed by atoms with Crippen LogP contribution in [0.3, 0.4) is 0 Å². The number of fused-ring (bicyclic) bond motifs is 1. The number of hydrogen-bond donors (Lipinski definition) is 1. The summed E-state index contributed by atoms with van der Waals surface area (Å²) in [6.45, 7) is 0.335. The molecule has 2 aromatic heterocycles. The van der Waals surface area contributed by atoms with Crippen LogP contribution < -0.4 is 4.90 Å². The van der Waals surface area contributed by atoms with Crippen LogP contribution in [0.15, 0.2) is 18.3 Å². The summed E-state index contributed by atoms with van der Waals surface area (Å²) in [6, 6.07) is 3.50. The lowest BCUT2D eigenvalue weighted by Gasteiger charge is -2.16. The average Bonchev–Trinajstić information content (AvgIpc) is 2.89. The van der Waals surface area contributed by atoms with E-state index in [1.54, 1.807) is 18.3 Å². The molecule has 0 radical (unpaired) electrons. The van der Waals surface area contributed by atoms with Crippen LogP contribution in [0.2, 0.25) is 0 Å². The number of thiophene rings is 1. The minimum Gasteiger partial charge on any atom is -0.477 e. The molecule has 1 N–H and O–H groups in total. The molecule has 3 rings (SSSR count). The first kappa shape index (κ1) is 12.4. The Balaban J connectivity index is 2.23. The Bertz CT molecular complexity index is 685. The predicted octanol–water partition coefficient (Wildman–Crippen LogP) is 2.34. The summed E-state index contributed by atoms with van der Waals surface area (Å²) in [7, 11) is 0. The van der Waals surface area contributed by atoms with Crippen molar-refractivity contribution < 1.29 is 14.7 Å². The number of anilines is 1. The second-order valence-corrected chi connectivity index (χ2v) is 5.86. The Labute approximate surface area is 117 Å². The molecule has 0 bridgehead atoms. The Morgan fingerprint density at radius 2 is 2.37 bits per heavy atom. The Morgan fingerprint density at radius 3 is 3.00 bits per heavy atom. The summed E-state index contributed by atoms with van der Waals surface area (Å²) in [5.41, 5.74) is 0.425. The van der Waals surface area contributed by atoms with Crippen LogP contribution in [0.1, 0.15) is 16.1 Å². The normalized spacial score (nSPS) is 19.3. The first-order chi connectivity index (χ1) is 9.08. The highest BCUT2D eigenvalue weighted by atomic mass is 35.5. The Hall–Kier alpha value is -1.66. The molecule has 1 fully saturated rings. The molecule has 2 aromatic rings. The van der Waals surface area contributed by atoms with Crippen LogP contribution >= 0.6 is 22.9 Å². The average molecular weight is 297 g/mol. The summed E-state index contributed by atoms with van der Waals surface area (Å²) < 4.78 is 0. The van der Waals surface area contributed by atoms with Crippen LogP contribution in [0.5, 0.6) is 0 Å². The summed E-state index contributed by atoms with van der Waals surface area (Å²) >= 11 is 7.05. The minimum atomic E-state index is -1.05.